The van der Waals surface area contributed by atoms with E-state index >= 15 is 0 Å². The number of sulfone groups is 1. The molecule has 2 amide bonds. The van der Waals surface area contributed by atoms with Crippen LogP contribution in [0.4, 0.5) is 14.6 Å². The van der Waals surface area contributed by atoms with Crippen LogP contribution >= 0.6 is 0 Å². The van der Waals surface area contributed by atoms with Crippen LogP contribution in [0, 0.1) is 12.8 Å². The van der Waals surface area contributed by atoms with Crippen LogP contribution in [0.5, 0.6) is 0 Å². The fourth-order valence-electron chi connectivity index (χ4n) is 3.29. The molecular formula is C20H21F2N3O4S. The molecule has 0 aliphatic carbocycles. The predicted octanol–water partition coefficient (Wildman–Crippen LogP) is 2.88. The van der Waals surface area contributed by atoms with E-state index in [0.29, 0.717) is 25.2 Å². The van der Waals surface area contributed by atoms with Gasteiger partial charge in [-0.2, -0.15) is 8.78 Å². The van der Waals surface area contributed by atoms with Gasteiger partial charge < -0.3 is 10.2 Å². The molecule has 1 saturated heterocycles. The van der Waals surface area contributed by atoms with Crippen LogP contribution in [-0.2, 0) is 14.6 Å². The predicted molar refractivity (Wildman–Crippen MR) is 106 cm³/mol. The number of nitrogens with one attached hydrogen (secondary N) is 1. The Morgan fingerprint density at radius 3 is 2.50 bits per heavy atom. The second-order valence-corrected chi connectivity index (χ2v) is 8.99. The van der Waals surface area contributed by atoms with E-state index in [0.717, 1.165) is 17.8 Å². The van der Waals surface area contributed by atoms with Crippen molar-refractivity contribution in [3.05, 3.63) is 53.7 Å². The monoisotopic (exact) mass is 437 g/mol. The van der Waals surface area contributed by atoms with Crippen molar-refractivity contribution in [2.75, 3.05) is 18.4 Å². The van der Waals surface area contributed by atoms with E-state index in [2.05, 4.69) is 10.3 Å². The van der Waals surface area contributed by atoms with Gasteiger partial charge in [0.05, 0.1) is 10.8 Å². The molecule has 10 heteroatoms. The van der Waals surface area contributed by atoms with Crippen molar-refractivity contribution in [2.24, 2.45) is 5.92 Å². The summed E-state index contributed by atoms with van der Waals surface area (Å²) >= 11 is 0. The van der Waals surface area contributed by atoms with Crippen molar-refractivity contribution >= 4 is 27.5 Å². The number of carbonyl (C=O) groups is 2. The first-order chi connectivity index (χ1) is 14.2. The Balaban J connectivity index is 1.67. The molecule has 1 aliphatic heterocycles. The van der Waals surface area contributed by atoms with Gasteiger partial charge in [0.15, 0.2) is 0 Å². The van der Waals surface area contributed by atoms with Crippen LogP contribution in [0.1, 0.15) is 28.9 Å². The number of carbonyl (C=O) groups excluding carboxylic acids is 2. The van der Waals surface area contributed by atoms with Gasteiger partial charge in [-0.3, -0.25) is 9.59 Å². The number of nitrogens with zero attached hydrogens (tertiary/aromatic N) is 2. The molecular weight excluding hydrogens is 416 g/mol. The van der Waals surface area contributed by atoms with Gasteiger partial charge in [0.1, 0.15) is 5.82 Å². The summed E-state index contributed by atoms with van der Waals surface area (Å²) < 4.78 is 48.3. The van der Waals surface area contributed by atoms with E-state index in [1.807, 2.05) is 13.0 Å². The number of hydrogen-bond donors (Lipinski definition) is 1. The zero-order valence-electron chi connectivity index (χ0n) is 16.2. The Bertz CT molecular complexity index is 1040. The minimum Gasteiger partial charge on any atom is -0.338 e. The molecule has 0 radical (unpaired) electrons. The van der Waals surface area contributed by atoms with Crippen LogP contribution in [0.2, 0.25) is 0 Å². The van der Waals surface area contributed by atoms with Crippen molar-refractivity contribution in [3.8, 4) is 0 Å². The van der Waals surface area contributed by atoms with Gasteiger partial charge in [-0.1, -0.05) is 6.07 Å². The third-order valence-corrected chi connectivity index (χ3v) is 6.28. The molecule has 7 nitrogen and oxygen atoms in total. The quantitative estimate of drug-likeness (QED) is 0.776. The molecule has 1 fully saturated rings. The van der Waals surface area contributed by atoms with Crippen molar-refractivity contribution in [1.82, 2.24) is 9.88 Å². The minimum absolute atomic E-state index is 0.171. The van der Waals surface area contributed by atoms with Crippen LogP contribution in [0.25, 0.3) is 0 Å². The van der Waals surface area contributed by atoms with Crippen LogP contribution < -0.4 is 5.32 Å². The fraction of sp³-hybridized carbons (Fsp3) is 0.350. The van der Waals surface area contributed by atoms with Gasteiger partial charge >= 0.3 is 5.76 Å². The summed E-state index contributed by atoms with van der Waals surface area (Å²) in [5, 5.41) is 2.76. The second-order valence-electron chi connectivity index (χ2n) is 7.07. The summed E-state index contributed by atoms with van der Waals surface area (Å²) in [4.78, 5) is 30.5. The third-order valence-electron chi connectivity index (χ3n) is 4.88. The van der Waals surface area contributed by atoms with Crippen LogP contribution in [0.3, 0.4) is 0 Å². The summed E-state index contributed by atoms with van der Waals surface area (Å²) in [5.41, 5.74) is 0.940. The topological polar surface area (TPSA) is 96.4 Å². The number of benzene rings is 1. The average Bonchev–Trinajstić information content (AvgIpc) is 2.73. The number of rotatable bonds is 5. The van der Waals surface area contributed by atoms with Crippen molar-refractivity contribution in [2.45, 2.75) is 30.4 Å². The smallest absolute Gasteiger partial charge is 0.338 e. The summed E-state index contributed by atoms with van der Waals surface area (Å²) in [5.74, 6) is -4.11. The molecule has 1 unspecified atom stereocenters. The average molecular weight is 437 g/mol. The molecule has 1 atom stereocenters. The molecule has 1 aromatic carbocycles. The second kappa shape index (κ2) is 8.86. The molecule has 0 spiro atoms. The number of hydrogen-bond acceptors (Lipinski definition) is 5. The summed E-state index contributed by atoms with van der Waals surface area (Å²) in [7, 11) is -4.71. The first kappa shape index (κ1) is 21.8. The molecule has 0 saturated carbocycles. The number of amides is 2. The van der Waals surface area contributed by atoms with Gasteiger partial charge in [-0.15, -0.1) is 0 Å². The molecule has 3 rings (SSSR count). The SMILES string of the molecule is Cc1cccc(NC(=O)C2CCCN(C(=O)c3ccc(S(=O)(=O)C(F)F)cc3)C2)n1. The highest BCUT2D eigenvalue weighted by molar-refractivity contribution is 7.91. The third kappa shape index (κ3) is 4.81. The molecule has 1 N–H and O–H groups in total. The number of aryl methyl sites for hydroxylation is 1. The lowest BCUT2D eigenvalue weighted by atomic mass is 9.96. The Morgan fingerprint density at radius 2 is 1.87 bits per heavy atom. The highest BCUT2D eigenvalue weighted by Crippen LogP contribution is 2.22. The largest absolute Gasteiger partial charge is 0.341 e. The lowest BCUT2D eigenvalue weighted by Crippen LogP contribution is -2.43. The van der Waals surface area contributed by atoms with E-state index < -0.39 is 26.4 Å². The maximum Gasteiger partial charge on any atom is 0.341 e. The van der Waals surface area contributed by atoms with Gasteiger partial charge in [-0.25, -0.2) is 13.4 Å². The molecule has 30 heavy (non-hydrogen) atoms. The van der Waals surface area contributed by atoms with Gasteiger partial charge in [0, 0.05) is 24.3 Å². The molecule has 1 aliphatic rings. The Labute approximate surface area is 173 Å². The maximum atomic E-state index is 12.7. The van der Waals surface area contributed by atoms with E-state index in [1.165, 1.54) is 17.0 Å². The van der Waals surface area contributed by atoms with Gasteiger partial charge in [0.25, 0.3) is 5.91 Å². The number of halogens is 2. The normalized spacial score (nSPS) is 17.1. The standard InChI is InChI=1S/C20H21F2N3O4S/c1-13-4-2-6-17(23-13)24-18(26)15-5-3-11-25(12-15)19(27)14-7-9-16(10-8-14)30(28,29)20(21)22/h2,4,6-10,15,20H,3,5,11-12H2,1H3,(H,23,24,26). The van der Waals surface area contributed by atoms with Crippen molar-refractivity contribution < 1.29 is 26.8 Å². The van der Waals surface area contributed by atoms with E-state index in [1.54, 1.807) is 12.1 Å². The first-order valence-electron chi connectivity index (χ1n) is 9.34. The molecule has 0 bridgehead atoms. The van der Waals surface area contributed by atoms with Crippen molar-refractivity contribution in [1.29, 1.82) is 0 Å². The lowest BCUT2D eigenvalue weighted by molar-refractivity contribution is -0.121. The van der Waals surface area contributed by atoms with Gasteiger partial charge in [-0.05, 0) is 56.2 Å². The van der Waals surface area contributed by atoms with Crippen LogP contribution in [0.15, 0.2) is 47.4 Å². The van der Waals surface area contributed by atoms with E-state index in [9.17, 15) is 26.8 Å². The zero-order chi connectivity index (χ0) is 21.9. The number of anilines is 1. The Hall–Kier alpha value is -2.88. The molecule has 2 heterocycles. The number of pyridine rings is 1. The fourth-order valence-corrected chi connectivity index (χ4v) is 4.01. The maximum absolute atomic E-state index is 12.7. The molecule has 2 aromatic rings. The summed E-state index contributed by atoms with van der Waals surface area (Å²) in [6.45, 7) is 2.46. The first-order valence-corrected chi connectivity index (χ1v) is 10.9. The van der Waals surface area contributed by atoms with Gasteiger partial charge in [0.2, 0.25) is 15.7 Å². The van der Waals surface area contributed by atoms with E-state index in [4.69, 9.17) is 0 Å². The van der Waals surface area contributed by atoms with Crippen molar-refractivity contribution in [3.63, 3.8) is 0 Å². The highest BCUT2D eigenvalue weighted by Gasteiger charge is 2.30. The summed E-state index contributed by atoms with van der Waals surface area (Å²) in [6.07, 6.45) is 1.25. The number of alkyl halides is 2. The Kier molecular flexibility index (Phi) is 6.45. The zero-order valence-corrected chi connectivity index (χ0v) is 17.0. The lowest BCUT2D eigenvalue weighted by Gasteiger charge is -2.32. The number of likely N-dealkylation sites (tertiary alicyclic amines) is 1. The highest BCUT2D eigenvalue weighted by atomic mass is 32.2. The van der Waals surface area contributed by atoms with Crippen LogP contribution in [-0.4, -0.2) is 49.0 Å². The molecule has 1 aromatic heterocycles. The Morgan fingerprint density at radius 1 is 1.17 bits per heavy atom. The number of aromatic nitrogens is 1. The van der Waals surface area contributed by atoms with E-state index in [-0.39, 0.29) is 23.9 Å². The molecule has 160 valence electrons. The summed E-state index contributed by atoms with van der Waals surface area (Å²) in [6, 6.07) is 9.68. The number of piperidine rings is 1. The minimum atomic E-state index is -4.71.